The fourth-order valence-corrected chi connectivity index (χ4v) is 2.66. The zero-order valence-corrected chi connectivity index (χ0v) is 11.4. The molecule has 2 rings (SSSR count). The van der Waals surface area contributed by atoms with Crippen molar-refractivity contribution < 1.29 is 5.11 Å². The lowest BCUT2D eigenvalue weighted by atomic mass is 9.75. The molecule has 1 fully saturated rings. The van der Waals surface area contributed by atoms with Crippen LogP contribution in [0, 0.1) is 0 Å². The number of hydrogen-bond acceptors (Lipinski definition) is 5. The van der Waals surface area contributed by atoms with Crippen LogP contribution in [0.4, 0.5) is 5.82 Å². The van der Waals surface area contributed by atoms with Gasteiger partial charge in [-0.25, -0.2) is 9.97 Å². The Hall–Kier alpha value is -1.20. The molecule has 100 valence electrons. The van der Waals surface area contributed by atoms with Crippen molar-refractivity contribution in [1.82, 2.24) is 14.9 Å². The summed E-state index contributed by atoms with van der Waals surface area (Å²) in [5.74, 6) is 0.834. The molecule has 5 heteroatoms. The van der Waals surface area contributed by atoms with Crippen LogP contribution in [0.5, 0.6) is 0 Å². The minimum absolute atomic E-state index is 0.0184. The Bertz CT molecular complexity index is 404. The molecule has 5 nitrogen and oxygen atoms in total. The average Bonchev–Trinajstić information content (AvgIpc) is 2.33. The third-order valence-electron chi connectivity index (χ3n) is 4.06. The van der Waals surface area contributed by atoms with Gasteiger partial charge in [0.15, 0.2) is 0 Å². The van der Waals surface area contributed by atoms with Gasteiger partial charge in [-0.3, -0.25) is 0 Å². The summed E-state index contributed by atoms with van der Waals surface area (Å²) >= 11 is 0. The second-order valence-electron chi connectivity index (χ2n) is 5.36. The summed E-state index contributed by atoms with van der Waals surface area (Å²) in [4.78, 5) is 12.7. The summed E-state index contributed by atoms with van der Waals surface area (Å²) in [6.07, 6.45) is 6.96. The Balaban J connectivity index is 2.14. The molecule has 1 aromatic rings. The van der Waals surface area contributed by atoms with E-state index in [9.17, 15) is 5.11 Å². The van der Waals surface area contributed by atoms with Gasteiger partial charge in [-0.05, 0) is 33.4 Å². The quantitative estimate of drug-likeness (QED) is 0.841. The summed E-state index contributed by atoms with van der Waals surface area (Å²) in [5.41, 5.74) is 1.04. The molecule has 0 radical (unpaired) electrons. The van der Waals surface area contributed by atoms with Crippen LogP contribution in [0.1, 0.15) is 24.8 Å². The molecule has 1 N–H and O–H groups in total. The Kier molecular flexibility index (Phi) is 3.82. The zero-order chi connectivity index (χ0) is 13.2. The number of aliphatic hydroxyl groups excluding tert-OH is 1. The topological polar surface area (TPSA) is 52.5 Å². The maximum atomic E-state index is 9.33. The summed E-state index contributed by atoms with van der Waals surface area (Å²) in [6, 6.07) is 0. The molecular formula is C13H22N4O. The van der Waals surface area contributed by atoms with Gasteiger partial charge >= 0.3 is 0 Å². The van der Waals surface area contributed by atoms with Crippen LogP contribution < -0.4 is 4.90 Å². The van der Waals surface area contributed by atoms with E-state index in [-0.39, 0.29) is 12.1 Å². The van der Waals surface area contributed by atoms with Gasteiger partial charge in [-0.1, -0.05) is 0 Å². The average molecular weight is 250 g/mol. The number of anilines is 1. The Morgan fingerprint density at radius 1 is 1.33 bits per heavy atom. The summed E-state index contributed by atoms with van der Waals surface area (Å²) in [5, 5.41) is 9.33. The van der Waals surface area contributed by atoms with Gasteiger partial charge in [0.25, 0.3) is 0 Å². The maximum absolute atomic E-state index is 9.33. The van der Waals surface area contributed by atoms with Crippen LogP contribution in [-0.2, 0) is 6.61 Å². The number of rotatable bonds is 5. The predicted octanol–water partition coefficient (Wildman–Crippen LogP) is 0.889. The first-order valence-corrected chi connectivity index (χ1v) is 6.37. The van der Waals surface area contributed by atoms with Crippen LogP contribution >= 0.6 is 0 Å². The first kappa shape index (κ1) is 13.2. The van der Waals surface area contributed by atoms with Crippen LogP contribution in [-0.4, -0.2) is 53.2 Å². The first-order chi connectivity index (χ1) is 8.59. The number of nitrogens with zero attached hydrogens (tertiary/aromatic N) is 4. The highest BCUT2D eigenvalue weighted by molar-refractivity contribution is 5.44. The molecule has 1 aromatic heterocycles. The van der Waals surface area contributed by atoms with Crippen molar-refractivity contribution in [1.29, 1.82) is 0 Å². The van der Waals surface area contributed by atoms with Crippen molar-refractivity contribution in [2.24, 2.45) is 0 Å². The van der Waals surface area contributed by atoms with Gasteiger partial charge in [0.05, 0.1) is 6.61 Å². The van der Waals surface area contributed by atoms with E-state index in [4.69, 9.17) is 0 Å². The smallest absolute Gasteiger partial charge is 0.137 e. The fourth-order valence-electron chi connectivity index (χ4n) is 2.66. The molecule has 0 amide bonds. The molecule has 0 spiro atoms. The monoisotopic (exact) mass is 250 g/mol. The molecule has 0 bridgehead atoms. The van der Waals surface area contributed by atoms with Crippen molar-refractivity contribution in [3.8, 4) is 0 Å². The maximum Gasteiger partial charge on any atom is 0.137 e. The van der Waals surface area contributed by atoms with E-state index in [1.54, 1.807) is 6.20 Å². The van der Waals surface area contributed by atoms with Gasteiger partial charge < -0.3 is 14.9 Å². The van der Waals surface area contributed by atoms with Gasteiger partial charge in [-0.2, -0.15) is 0 Å². The standard InChI is InChI=1S/C13H22N4O/c1-16(2)13(5-4-6-13)9-17(3)12-11(8-18)7-14-10-15-12/h7,10,18H,4-6,8-9H2,1-3H3. The lowest BCUT2D eigenvalue weighted by Gasteiger charge is -2.49. The number of hydrogen-bond donors (Lipinski definition) is 1. The highest BCUT2D eigenvalue weighted by Gasteiger charge is 2.40. The van der Waals surface area contributed by atoms with E-state index < -0.39 is 0 Å². The first-order valence-electron chi connectivity index (χ1n) is 6.37. The number of aliphatic hydroxyl groups is 1. The van der Waals surface area contributed by atoms with Gasteiger partial charge in [0.1, 0.15) is 12.1 Å². The molecule has 18 heavy (non-hydrogen) atoms. The lowest BCUT2D eigenvalue weighted by Crippen LogP contribution is -2.57. The Morgan fingerprint density at radius 3 is 2.56 bits per heavy atom. The highest BCUT2D eigenvalue weighted by atomic mass is 16.3. The van der Waals surface area contributed by atoms with Crippen LogP contribution in [0.15, 0.2) is 12.5 Å². The van der Waals surface area contributed by atoms with Crippen LogP contribution in [0.25, 0.3) is 0 Å². The van der Waals surface area contributed by atoms with Crippen molar-refractivity contribution in [2.45, 2.75) is 31.4 Å². The summed E-state index contributed by atoms with van der Waals surface area (Å²) < 4.78 is 0. The summed E-state index contributed by atoms with van der Waals surface area (Å²) in [7, 11) is 6.31. The number of aromatic nitrogens is 2. The molecule has 0 aromatic carbocycles. The van der Waals surface area contributed by atoms with Crippen molar-refractivity contribution >= 4 is 5.82 Å². The Morgan fingerprint density at radius 2 is 2.06 bits per heavy atom. The molecule has 0 saturated heterocycles. The van der Waals surface area contributed by atoms with Crippen LogP contribution in [0.2, 0.25) is 0 Å². The molecule has 1 saturated carbocycles. The third-order valence-corrected chi connectivity index (χ3v) is 4.06. The normalized spacial score (nSPS) is 17.6. The summed E-state index contributed by atoms with van der Waals surface area (Å²) in [6.45, 7) is 0.916. The largest absolute Gasteiger partial charge is 0.391 e. The second kappa shape index (κ2) is 5.20. The van der Waals surface area contributed by atoms with E-state index in [0.717, 1.165) is 17.9 Å². The van der Waals surface area contributed by atoms with E-state index >= 15 is 0 Å². The van der Waals surface area contributed by atoms with E-state index in [2.05, 4.69) is 33.9 Å². The van der Waals surface area contributed by atoms with Crippen LogP contribution in [0.3, 0.4) is 0 Å². The van der Waals surface area contributed by atoms with Crippen molar-refractivity contribution in [2.75, 3.05) is 32.6 Å². The minimum Gasteiger partial charge on any atom is -0.391 e. The number of likely N-dealkylation sites (N-methyl/N-ethyl adjacent to an activating group) is 2. The third kappa shape index (κ3) is 2.33. The molecule has 1 aliphatic carbocycles. The SMILES string of the molecule is CN(CC1(N(C)C)CCC1)c1ncncc1CO. The molecule has 0 aliphatic heterocycles. The predicted molar refractivity (Wildman–Crippen MR) is 71.5 cm³/mol. The van der Waals surface area contributed by atoms with Gasteiger partial charge in [0, 0.05) is 30.9 Å². The molecule has 1 aliphatic rings. The highest BCUT2D eigenvalue weighted by Crippen LogP contribution is 2.37. The Labute approximate surface area is 108 Å². The van der Waals surface area contributed by atoms with Gasteiger partial charge in [0.2, 0.25) is 0 Å². The second-order valence-corrected chi connectivity index (χ2v) is 5.36. The van der Waals surface area contributed by atoms with E-state index in [0.29, 0.717) is 0 Å². The van der Waals surface area contributed by atoms with Crippen molar-refractivity contribution in [3.63, 3.8) is 0 Å². The van der Waals surface area contributed by atoms with Gasteiger partial charge in [-0.15, -0.1) is 0 Å². The van der Waals surface area contributed by atoms with Crippen molar-refractivity contribution in [3.05, 3.63) is 18.1 Å². The van der Waals surface area contributed by atoms with E-state index in [1.165, 1.54) is 25.6 Å². The molecular weight excluding hydrogens is 228 g/mol. The zero-order valence-electron chi connectivity index (χ0n) is 11.4. The molecule has 1 heterocycles. The molecule has 0 unspecified atom stereocenters. The molecule has 0 atom stereocenters. The lowest BCUT2D eigenvalue weighted by molar-refractivity contribution is 0.0681. The fraction of sp³-hybridized carbons (Fsp3) is 0.692. The van der Waals surface area contributed by atoms with E-state index in [1.807, 2.05) is 7.05 Å². The minimum atomic E-state index is -0.0184.